The number of fused-ring (bicyclic) bond motifs is 1. The Bertz CT molecular complexity index is 1460. The first-order valence-corrected chi connectivity index (χ1v) is 11.6. The summed E-state index contributed by atoms with van der Waals surface area (Å²) in [6, 6.07) is 26.9. The Morgan fingerprint density at radius 2 is 1.69 bits per heavy atom. The molecule has 2 amide bonds. The van der Waals surface area contributed by atoms with E-state index in [9.17, 15) is 9.59 Å². The molecule has 180 valence electrons. The highest BCUT2D eigenvalue weighted by atomic mass is 16.3. The highest BCUT2D eigenvalue weighted by molar-refractivity contribution is 6.01. The van der Waals surface area contributed by atoms with E-state index in [4.69, 9.17) is 4.42 Å². The second-order valence-corrected chi connectivity index (χ2v) is 8.45. The van der Waals surface area contributed by atoms with E-state index in [0.29, 0.717) is 22.5 Å². The summed E-state index contributed by atoms with van der Waals surface area (Å²) in [6.07, 6.45) is 1.56. The molecule has 1 N–H and O–H groups in total. The van der Waals surface area contributed by atoms with Gasteiger partial charge in [-0.1, -0.05) is 65.4 Å². The molecule has 8 heteroatoms. The fraction of sp³-hybridized carbons (Fsp3) is 0.143. The summed E-state index contributed by atoms with van der Waals surface area (Å²) in [5.41, 5.74) is 3.79. The van der Waals surface area contributed by atoms with Crippen molar-refractivity contribution in [2.45, 2.75) is 26.1 Å². The van der Waals surface area contributed by atoms with Gasteiger partial charge in [-0.2, -0.15) is 0 Å². The summed E-state index contributed by atoms with van der Waals surface area (Å²) >= 11 is 0. The van der Waals surface area contributed by atoms with E-state index < -0.39 is 6.04 Å². The summed E-state index contributed by atoms with van der Waals surface area (Å²) in [4.78, 5) is 29.1. The fourth-order valence-electron chi connectivity index (χ4n) is 4.11. The van der Waals surface area contributed by atoms with Crippen LogP contribution >= 0.6 is 0 Å². The van der Waals surface area contributed by atoms with Gasteiger partial charge in [-0.05, 0) is 48.9 Å². The van der Waals surface area contributed by atoms with E-state index in [0.717, 1.165) is 11.1 Å². The minimum Gasteiger partial charge on any atom is -0.467 e. The van der Waals surface area contributed by atoms with Crippen LogP contribution in [0.5, 0.6) is 0 Å². The van der Waals surface area contributed by atoms with E-state index in [2.05, 4.69) is 15.6 Å². The molecule has 1 unspecified atom stereocenters. The van der Waals surface area contributed by atoms with Crippen molar-refractivity contribution in [3.8, 4) is 0 Å². The van der Waals surface area contributed by atoms with Crippen LogP contribution in [0.2, 0.25) is 0 Å². The van der Waals surface area contributed by atoms with Gasteiger partial charge >= 0.3 is 0 Å². The average molecular weight is 480 g/mol. The van der Waals surface area contributed by atoms with Crippen molar-refractivity contribution in [2.24, 2.45) is 0 Å². The van der Waals surface area contributed by atoms with Gasteiger partial charge in [0.1, 0.15) is 23.9 Å². The Hall–Kier alpha value is -4.72. The SMILES string of the molecule is Cc1ccc(C(C(=O)NCc2ccco2)N(C(=O)Cn2nnc3ccccc32)c2ccccc2)cc1. The van der Waals surface area contributed by atoms with Gasteiger partial charge in [0.2, 0.25) is 11.8 Å². The first kappa shape index (κ1) is 23.0. The quantitative estimate of drug-likeness (QED) is 0.356. The van der Waals surface area contributed by atoms with E-state index in [1.807, 2.05) is 85.8 Å². The summed E-state index contributed by atoms with van der Waals surface area (Å²) in [6.45, 7) is 2.10. The van der Waals surface area contributed by atoms with Crippen molar-refractivity contribution in [1.82, 2.24) is 20.3 Å². The van der Waals surface area contributed by atoms with Crippen molar-refractivity contribution in [2.75, 3.05) is 4.90 Å². The molecule has 0 bridgehead atoms. The lowest BCUT2D eigenvalue weighted by molar-refractivity contribution is -0.127. The number of amides is 2. The van der Waals surface area contributed by atoms with Crippen LogP contribution in [-0.4, -0.2) is 26.8 Å². The number of rotatable bonds is 8. The van der Waals surface area contributed by atoms with E-state index in [1.54, 1.807) is 23.1 Å². The molecule has 5 rings (SSSR count). The molecule has 2 heterocycles. The third-order valence-electron chi connectivity index (χ3n) is 5.92. The number of carbonyl (C=O) groups excluding carboxylic acids is 2. The largest absolute Gasteiger partial charge is 0.467 e. The molecule has 0 saturated heterocycles. The Kier molecular flexibility index (Phi) is 6.57. The minimum atomic E-state index is -0.912. The van der Waals surface area contributed by atoms with Crippen LogP contribution in [-0.2, 0) is 22.7 Å². The van der Waals surface area contributed by atoms with Gasteiger partial charge in [-0.15, -0.1) is 5.10 Å². The molecular formula is C28H25N5O3. The number of para-hydroxylation sites is 2. The van der Waals surface area contributed by atoms with Gasteiger partial charge in [-0.25, -0.2) is 4.68 Å². The zero-order chi connectivity index (χ0) is 24.9. The van der Waals surface area contributed by atoms with Crippen LogP contribution < -0.4 is 10.2 Å². The topological polar surface area (TPSA) is 93.3 Å². The van der Waals surface area contributed by atoms with Gasteiger partial charge in [0.15, 0.2) is 0 Å². The zero-order valence-corrected chi connectivity index (χ0v) is 19.7. The highest BCUT2D eigenvalue weighted by Gasteiger charge is 2.33. The predicted octanol–water partition coefficient (Wildman–Crippen LogP) is 4.42. The second-order valence-electron chi connectivity index (χ2n) is 8.45. The smallest absolute Gasteiger partial charge is 0.249 e. The third-order valence-corrected chi connectivity index (χ3v) is 5.92. The highest BCUT2D eigenvalue weighted by Crippen LogP contribution is 2.29. The minimum absolute atomic E-state index is 0.0801. The summed E-state index contributed by atoms with van der Waals surface area (Å²) in [7, 11) is 0. The summed E-state index contributed by atoms with van der Waals surface area (Å²) in [5, 5.41) is 11.3. The molecule has 0 aliphatic carbocycles. The molecule has 36 heavy (non-hydrogen) atoms. The van der Waals surface area contributed by atoms with Crippen LogP contribution in [0.1, 0.15) is 22.9 Å². The number of anilines is 1. The number of carbonyl (C=O) groups is 2. The van der Waals surface area contributed by atoms with Crippen molar-refractivity contribution in [3.05, 3.63) is 114 Å². The van der Waals surface area contributed by atoms with Gasteiger partial charge in [-0.3, -0.25) is 14.5 Å². The van der Waals surface area contributed by atoms with Crippen molar-refractivity contribution in [1.29, 1.82) is 0 Å². The lowest BCUT2D eigenvalue weighted by atomic mass is 10.0. The lowest BCUT2D eigenvalue weighted by Crippen LogP contribution is -2.45. The maximum Gasteiger partial charge on any atom is 0.249 e. The normalized spacial score (nSPS) is 11.8. The molecule has 0 spiro atoms. The number of hydrogen-bond acceptors (Lipinski definition) is 5. The number of nitrogens with one attached hydrogen (secondary N) is 1. The van der Waals surface area contributed by atoms with E-state index in [-0.39, 0.29) is 24.9 Å². The fourth-order valence-corrected chi connectivity index (χ4v) is 4.11. The van der Waals surface area contributed by atoms with Gasteiger partial charge in [0.05, 0.1) is 18.3 Å². The predicted molar refractivity (Wildman–Crippen MR) is 136 cm³/mol. The molecule has 8 nitrogen and oxygen atoms in total. The molecule has 3 aromatic carbocycles. The van der Waals surface area contributed by atoms with Gasteiger partial charge in [0, 0.05) is 5.69 Å². The van der Waals surface area contributed by atoms with Crippen molar-refractivity contribution < 1.29 is 14.0 Å². The van der Waals surface area contributed by atoms with Crippen LogP contribution in [0, 0.1) is 6.92 Å². The number of nitrogens with zero attached hydrogens (tertiary/aromatic N) is 4. The molecule has 5 aromatic rings. The Morgan fingerprint density at radius 1 is 0.944 bits per heavy atom. The molecule has 0 aliphatic rings. The van der Waals surface area contributed by atoms with Crippen LogP contribution in [0.4, 0.5) is 5.69 Å². The zero-order valence-electron chi connectivity index (χ0n) is 19.7. The number of benzene rings is 3. The monoisotopic (exact) mass is 479 g/mol. The molecule has 0 aliphatic heterocycles. The standard InChI is InChI=1S/C28H25N5O3/c1-20-13-15-21(16-14-20)27(28(35)29-18-23-10-7-17-36-23)33(22-8-3-2-4-9-22)26(34)19-32-25-12-6-5-11-24(25)30-31-32/h2-17,27H,18-19H2,1H3,(H,29,35). The molecular weight excluding hydrogens is 454 g/mol. The summed E-state index contributed by atoms with van der Waals surface area (Å²) < 4.78 is 6.93. The van der Waals surface area contributed by atoms with Crippen LogP contribution in [0.3, 0.4) is 0 Å². The second kappa shape index (κ2) is 10.3. The van der Waals surface area contributed by atoms with E-state index >= 15 is 0 Å². The third kappa shape index (κ3) is 4.88. The number of furan rings is 1. The Balaban J connectivity index is 1.53. The molecule has 0 radical (unpaired) electrons. The average Bonchev–Trinajstić information content (AvgIpc) is 3.57. The van der Waals surface area contributed by atoms with E-state index in [1.165, 1.54) is 4.90 Å². The Labute approximate surface area is 208 Å². The molecule has 2 aromatic heterocycles. The molecule has 0 fully saturated rings. The maximum atomic E-state index is 13.9. The van der Waals surface area contributed by atoms with Gasteiger partial charge < -0.3 is 9.73 Å². The lowest BCUT2D eigenvalue weighted by Gasteiger charge is -2.31. The summed E-state index contributed by atoms with van der Waals surface area (Å²) in [5.74, 6) is 0.00385. The first-order valence-electron chi connectivity index (χ1n) is 11.6. The number of aryl methyl sites for hydroxylation is 1. The van der Waals surface area contributed by atoms with Gasteiger partial charge in [0.25, 0.3) is 0 Å². The Morgan fingerprint density at radius 3 is 2.44 bits per heavy atom. The van der Waals surface area contributed by atoms with Crippen LogP contribution in [0.25, 0.3) is 11.0 Å². The van der Waals surface area contributed by atoms with Crippen LogP contribution in [0.15, 0.2) is 102 Å². The first-order chi connectivity index (χ1) is 17.6. The molecule has 1 atom stereocenters. The van der Waals surface area contributed by atoms with Crippen molar-refractivity contribution in [3.63, 3.8) is 0 Å². The van der Waals surface area contributed by atoms with Crippen molar-refractivity contribution >= 4 is 28.5 Å². The molecule has 0 saturated carbocycles. The number of hydrogen-bond donors (Lipinski definition) is 1. The number of aromatic nitrogens is 3. The maximum absolute atomic E-state index is 13.9.